The maximum absolute atomic E-state index is 7.36. The number of halogens is 1. The Balaban J connectivity index is 3.09. The van der Waals surface area contributed by atoms with E-state index in [-0.39, 0.29) is 5.84 Å². The molecular formula is C12H18ClN3. The predicted molar refractivity (Wildman–Crippen MR) is 70.6 cm³/mol. The average Bonchev–Trinajstić information content (AvgIpc) is 2.17. The highest BCUT2D eigenvalue weighted by molar-refractivity contribution is 6.34. The maximum atomic E-state index is 7.36. The van der Waals surface area contributed by atoms with E-state index in [0.29, 0.717) is 16.6 Å². The molecule has 0 aliphatic heterocycles. The Bertz CT molecular complexity index is 388. The topological polar surface area (TPSA) is 53.1 Å². The van der Waals surface area contributed by atoms with E-state index in [1.54, 1.807) is 6.07 Å². The van der Waals surface area contributed by atoms with Crippen molar-refractivity contribution in [3.05, 3.63) is 28.8 Å². The van der Waals surface area contributed by atoms with Crippen LogP contribution < -0.4 is 10.6 Å². The molecule has 16 heavy (non-hydrogen) atoms. The van der Waals surface area contributed by atoms with Crippen LogP contribution in [0.3, 0.4) is 0 Å². The summed E-state index contributed by atoms with van der Waals surface area (Å²) in [6.45, 7) is 7.30. The van der Waals surface area contributed by atoms with Gasteiger partial charge in [-0.15, -0.1) is 0 Å². The monoisotopic (exact) mass is 239 g/mol. The number of nitrogen functional groups attached to an aromatic ring is 1. The maximum Gasteiger partial charge on any atom is 0.124 e. The van der Waals surface area contributed by atoms with Crippen LogP contribution in [-0.4, -0.2) is 18.4 Å². The standard InChI is InChI=1S/C12H18ClN3/c1-4-16(8(2)3)9-5-6-10(12(14)15)11(13)7-9/h5-8H,4H2,1-3H3,(H3,14,15). The molecule has 1 aromatic carbocycles. The number of rotatable bonds is 4. The molecule has 0 unspecified atom stereocenters. The Labute approximate surface area is 102 Å². The van der Waals surface area contributed by atoms with Crippen molar-refractivity contribution >= 4 is 23.1 Å². The van der Waals surface area contributed by atoms with Crippen LogP contribution in [0.2, 0.25) is 5.02 Å². The second-order valence-corrected chi connectivity index (χ2v) is 4.36. The fraction of sp³-hybridized carbons (Fsp3) is 0.417. The summed E-state index contributed by atoms with van der Waals surface area (Å²) in [6.07, 6.45) is 0. The summed E-state index contributed by atoms with van der Waals surface area (Å²) < 4.78 is 0. The van der Waals surface area contributed by atoms with E-state index < -0.39 is 0 Å². The van der Waals surface area contributed by atoms with Crippen molar-refractivity contribution < 1.29 is 0 Å². The van der Waals surface area contributed by atoms with Gasteiger partial charge in [-0.25, -0.2) is 0 Å². The van der Waals surface area contributed by atoms with Crippen molar-refractivity contribution in [1.82, 2.24) is 0 Å². The van der Waals surface area contributed by atoms with Gasteiger partial charge < -0.3 is 10.6 Å². The lowest BCUT2D eigenvalue weighted by Crippen LogP contribution is -2.30. The molecule has 0 spiro atoms. The van der Waals surface area contributed by atoms with E-state index in [9.17, 15) is 0 Å². The van der Waals surface area contributed by atoms with Crippen LogP contribution in [0.5, 0.6) is 0 Å². The number of nitrogens with one attached hydrogen (secondary N) is 1. The minimum absolute atomic E-state index is 0.00384. The van der Waals surface area contributed by atoms with E-state index in [2.05, 4.69) is 25.7 Å². The summed E-state index contributed by atoms with van der Waals surface area (Å²) in [4.78, 5) is 2.23. The highest BCUT2D eigenvalue weighted by Gasteiger charge is 2.11. The molecule has 1 rings (SSSR count). The molecule has 1 aromatic rings. The lowest BCUT2D eigenvalue weighted by Gasteiger charge is -2.27. The summed E-state index contributed by atoms with van der Waals surface area (Å²) in [7, 11) is 0. The van der Waals surface area contributed by atoms with Crippen LogP contribution in [0.1, 0.15) is 26.3 Å². The fourth-order valence-corrected chi connectivity index (χ4v) is 2.02. The Morgan fingerprint density at radius 2 is 2.12 bits per heavy atom. The number of hydrogen-bond donors (Lipinski definition) is 2. The molecule has 4 heteroatoms. The summed E-state index contributed by atoms with van der Waals surface area (Å²) >= 11 is 6.08. The third-order valence-corrected chi connectivity index (χ3v) is 2.85. The minimum Gasteiger partial charge on any atom is -0.384 e. The molecule has 0 radical (unpaired) electrons. The second-order valence-electron chi connectivity index (χ2n) is 3.96. The molecule has 88 valence electrons. The molecule has 0 amide bonds. The lowest BCUT2D eigenvalue weighted by molar-refractivity contribution is 0.704. The van der Waals surface area contributed by atoms with Gasteiger partial charge >= 0.3 is 0 Å². The quantitative estimate of drug-likeness (QED) is 0.627. The molecule has 0 aliphatic rings. The molecule has 0 aromatic heterocycles. The van der Waals surface area contributed by atoms with E-state index in [1.165, 1.54) is 0 Å². The van der Waals surface area contributed by atoms with E-state index in [4.69, 9.17) is 22.7 Å². The minimum atomic E-state index is 0.00384. The van der Waals surface area contributed by atoms with Crippen LogP contribution >= 0.6 is 11.6 Å². The first-order valence-electron chi connectivity index (χ1n) is 5.38. The van der Waals surface area contributed by atoms with Gasteiger partial charge in [0.15, 0.2) is 0 Å². The SMILES string of the molecule is CCN(c1ccc(C(=N)N)c(Cl)c1)C(C)C. The fourth-order valence-electron chi connectivity index (χ4n) is 1.75. The number of nitrogens with zero attached hydrogens (tertiary/aromatic N) is 1. The molecule has 0 atom stereocenters. The van der Waals surface area contributed by atoms with Crippen molar-refractivity contribution in [3.8, 4) is 0 Å². The van der Waals surface area contributed by atoms with Crippen LogP contribution in [0.15, 0.2) is 18.2 Å². The van der Waals surface area contributed by atoms with Crippen LogP contribution in [-0.2, 0) is 0 Å². The molecular weight excluding hydrogens is 222 g/mol. The largest absolute Gasteiger partial charge is 0.384 e. The van der Waals surface area contributed by atoms with Crippen molar-refractivity contribution in [2.75, 3.05) is 11.4 Å². The summed E-state index contributed by atoms with van der Waals surface area (Å²) in [5.41, 5.74) is 7.07. The zero-order valence-corrected chi connectivity index (χ0v) is 10.7. The number of anilines is 1. The first-order valence-corrected chi connectivity index (χ1v) is 5.75. The first-order chi connectivity index (χ1) is 7.47. The van der Waals surface area contributed by atoms with Gasteiger partial charge in [-0.05, 0) is 39.0 Å². The smallest absolute Gasteiger partial charge is 0.124 e. The molecule has 3 nitrogen and oxygen atoms in total. The Morgan fingerprint density at radius 3 is 2.50 bits per heavy atom. The molecule has 0 saturated heterocycles. The first kappa shape index (κ1) is 12.8. The second kappa shape index (κ2) is 5.21. The van der Waals surface area contributed by atoms with E-state index in [1.807, 2.05) is 12.1 Å². The van der Waals surface area contributed by atoms with Crippen molar-refractivity contribution in [2.24, 2.45) is 5.73 Å². The van der Waals surface area contributed by atoms with Gasteiger partial charge in [-0.2, -0.15) is 0 Å². The van der Waals surface area contributed by atoms with Crippen molar-refractivity contribution in [2.45, 2.75) is 26.8 Å². The van der Waals surface area contributed by atoms with Crippen LogP contribution in [0.25, 0.3) is 0 Å². The van der Waals surface area contributed by atoms with Gasteiger partial charge in [-0.1, -0.05) is 11.6 Å². The predicted octanol–water partition coefficient (Wildman–Crippen LogP) is 2.86. The average molecular weight is 240 g/mol. The Hall–Kier alpha value is -1.22. The van der Waals surface area contributed by atoms with E-state index in [0.717, 1.165) is 12.2 Å². The number of benzene rings is 1. The highest BCUT2D eigenvalue weighted by atomic mass is 35.5. The lowest BCUT2D eigenvalue weighted by atomic mass is 10.1. The van der Waals surface area contributed by atoms with Crippen LogP contribution in [0, 0.1) is 5.41 Å². The summed E-state index contributed by atoms with van der Waals surface area (Å²) in [5.74, 6) is 0.00384. The van der Waals surface area contributed by atoms with Crippen molar-refractivity contribution in [3.63, 3.8) is 0 Å². The molecule has 3 N–H and O–H groups in total. The van der Waals surface area contributed by atoms with Gasteiger partial charge in [0, 0.05) is 23.8 Å². The number of amidine groups is 1. The van der Waals surface area contributed by atoms with E-state index >= 15 is 0 Å². The summed E-state index contributed by atoms with van der Waals surface area (Å²) in [5, 5.41) is 7.89. The normalized spacial score (nSPS) is 10.6. The Kier molecular flexibility index (Phi) is 4.19. The van der Waals surface area contributed by atoms with Crippen molar-refractivity contribution in [1.29, 1.82) is 5.41 Å². The Morgan fingerprint density at radius 1 is 1.50 bits per heavy atom. The van der Waals surface area contributed by atoms with Crippen LogP contribution in [0.4, 0.5) is 5.69 Å². The molecule has 0 saturated carbocycles. The van der Waals surface area contributed by atoms with Gasteiger partial charge in [-0.3, -0.25) is 5.41 Å². The summed E-state index contributed by atoms with van der Waals surface area (Å²) in [6, 6.07) is 6.03. The zero-order valence-electron chi connectivity index (χ0n) is 9.92. The molecule has 0 aliphatic carbocycles. The molecule has 0 fully saturated rings. The van der Waals surface area contributed by atoms with Gasteiger partial charge in [0.2, 0.25) is 0 Å². The highest BCUT2D eigenvalue weighted by Crippen LogP contribution is 2.24. The van der Waals surface area contributed by atoms with Gasteiger partial charge in [0.25, 0.3) is 0 Å². The van der Waals surface area contributed by atoms with Gasteiger partial charge in [0.05, 0.1) is 5.02 Å². The number of hydrogen-bond acceptors (Lipinski definition) is 2. The third kappa shape index (κ3) is 2.67. The zero-order chi connectivity index (χ0) is 12.3. The third-order valence-electron chi connectivity index (χ3n) is 2.54. The molecule has 0 heterocycles. The number of nitrogens with two attached hydrogens (primary N) is 1. The van der Waals surface area contributed by atoms with Gasteiger partial charge in [0.1, 0.15) is 5.84 Å². The molecule has 0 bridgehead atoms.